The Morgan fingerprint density at radius 2 is 1.71 bits per heavy atom. The van der Waals surface area contributed by atoms with E-state index in [0.717, 1.165) is 5.75 Å². The number of methoxy groups -OCH3 is 1. The van der Waals surface area contributed by atoms with Crippen LogP contribution in [0.5, 0.6) is 11.5 Å². The molecule has 0 spiro atoms. The number of carbonyl (C=O) groups is 1. The maximum absolute atomic E-state index is 12.3. The molecule has 0 bridgehead atoms. The highest BCUT2D eigenvalue weighted by Gasteiger charge is 2.13. The minimum Gasteiger partial charge on any atom is -0.497 e. The molecule has 0 heterocycles. The van der Waals surface area contributed by atoms with Crippen molar-refractivity contribution in [3.8, 4) is 11.5 Å². The molecule has 0 atom stereocenters. The van der Waals surface area contributed by atoms with Crippen LogP contribution in [0.25, 0.3) is 0 Å². The first-order valence-electron chi connectivity index (χ1n) is 6.81. The molecule has 110 valence electrons. The Hall–Kier alpha value is -2.49. The van der Waals surface area contributed by atoms with E-state index in [9.17, 15) is 4.79 Å². The Labute approximate surface area is 124 Å². The highest BCUT2D eigenvalue weighted by molar-refractivity contribution is 6.06. The quantitative estimate of drug-likeness (QED) is 0.910. The zero-order valence-corrected chi connectivity index (χ0v) is 12.4. The third-order valence-corrected chi connectivity index (χ3v) is 2.84. The molecule has 0 unspecified atom stereocenters. The van der Waals surface area contributed by atoms with Crippen LogP contribution in [0.15, 0.2) is 48.5 Å². The Morgan fingerprint density at radius 1 is 1.05 bits per heavy atom. The Kier molecular flexibility index (Phi) is 4.82. The van der Waals surface area contributed by atoms with Crippen molar-refractivity contribution >= 4 is 11.6 Å². The van der Waals surface area contributed by atoms with E-state index in [1.54, 1.807) is 43.5 Å². The van der Waals surface area contributed by atoms with E-state index in [1.807, 2.05) is 26.0 Å². The fraction of sp³-hybridized carbons (Fsp3) is 0.235. The van der Waals surface area contributed by atoms with Crippen LogP contribution in [-0.4, -0.2) is 19.1 Å². The van der Waals surface area contributed by atoms with Gasteiger partial charge in [0, 0.05) is 5.69 Å². The summed E-state index contributed by atoms with van der Waals surface area (Å²) in [4.78, 5) is 12.3. The van der Waals surface area contributed by atoms with E-state index in [-0.39, 0.29) is 12.0 Å². The molecule has 0 aromatic heterocycles. The van der Waals surface area contributed by atoms with Crippen molar-refractivity contribution in [2.75, 3.05) is 12.4 Å². The molecular weight excluding hydrogens is 266 g/mol. The standard InChI is InChI=1S/C17H19NO3/c1-12(2)21-16-7-5-4-6-15(16)17(19)18-13-8-10-14(20-3)11-9-13/h4-12H,1-3H3,(H,18,19). The molecule has 0 saturated carbocycles. The highest BCUT2D eigenvalue weighted by atomic mass is 16.5. The van der Waals surface area contributed by atoms with Crippen LogP contribution >= 0.6 is 0 Å². The van der Waals surface area contributed by atoms with Gasteiger partial charge in [-0.05, 0) is 50.2 Å². The molecule has 4 nitrogen and oxygen atoms in total. The number of amides is 1. The lowest BCUT2D eigenvalue weighted by Gasteiger charge is -2.14. The van der Waals surface area contributed by atoms with E-state index in [2.05, 4.69) is 5.32 Å². The van der Waals surface area contributed by atoms with Crippen molar-refractivity contribution in [2.24, 2.45) is 0 Å². The van der Waals surface area contributed by atoms with Gasteiger partial charge in [0.05, 0.1) is 18.8 Å². The molecule has 21 heavy (non-hydrogen) atoms. The van der Waals surface area contributed by atoms with Gasteiger partial charge in [0.15, 0.2) is 0 Å². The van der Waals surface area contributed by atoms with E-state index in [0.29, 0.717) is 17.0 Å². The lowest BCUT2D eigenvalue weighted by Crippen LogP contribution is -2.15. The Balaban J connectivity index is 2.16. The van der Waals surface area contributed by atoms with Crippen LogP contribution in [0.2, 0.25) is 0 Å². The average molecular weight is 285 g/mol. The molecule has 0 radical (unpaired) electrons. The van der Waals surface area contributed by atoms with Gasteiger partial charge in [0.2, 0.25) is 0 Å². The van der Waals surface area contributed by atoms with E-state index < -0.39 is 0 Å². The van der Waals surface area contributed by atoms with E-state index in [4.69, 9.17) is 9.47 Å². The molecule has 1 amide bonds. The molecule has 1 N–H and O–H groups in total. The van der Waals surface area contributed by atoms with Crippen LogP contribution < -0.4 is 14.8 Å². The van der Waals surface area contributed by atoms with Gasteiger partial charge in [-0.1, -0.05) is 12.1 Å². The average Bonchev–Trinajstić information content (AvgIpc) is 2.48. The first-order chi connectivity index (χ1) is 10.1. The van der Waals surface area contributed by atoms with Gasteiger partial charge in [-0.25, -0.2) is 0 Å². The largest absolute Gasteiger partial charge is 0.497 e. The molecule has 2 aromatic carbocycles. The second-order valence-corrected chi connectivity index (χ2v) is 4.85. The summed E-state index contributed by atoms with van der Waals surface area (Å²) in [5.74, 6) is 1.13. The minimum atomic E-state index is -0.198. The van der Waals surface area contributed by atoms with Crippen molar-refractivity contribution < 1.29 is 14.3 Å². The molecule has 2 rings (SSSR count). The maximum Gasteiger partial charge on any atom is 0.259 e. The number of para-hydroxylation sites is 1. The minimum absolute atomic E-state index is 0.0138. The predicted molar refractivity (Wildman–Crippen MR) is 83.2 cm³/mol. The number of hydrogen-bond acceptors (Lipinski definition) is 3. The molecule has 0 aliphatic rings. The van der Waals surface area contributed by atoms with Gasteiger partial charge in [0.25, 0.3) is 5.91 Å². The van der Waals surface area contributed by atoms with Crippen LogP contribution in [0.3, 0.4) is 0 Å². The van der Waals surface area contributed by atoms with Crippen LogP contribution in [0.4, 0.5) is 5.69 Å². The molecule has 0 saturated heterocycles. The number of benzene rings is 2. The van der Waals surface area contributed by atoms with E-state index >= 15 is 0 Å². The molecule has 0 fully saturated rings. The second-order valence-electron chi connectivity index (χ2n) is 4.85. The molecule has 0 aliphatic heterocycles. The summed E-state index contributed by atoms with van der Waals surface area (Å²) in [6.45, 7) is 3.86. The number of rotatable bonds is 5. The molecule has 2 aromatic rings. The fourth-order valence-electron chi connectivity index (χ4n) is 1.88. The molecule has 0 aliphatic carbocycles. The Bertz CT molecular complexity index is 606. The fourth-order valence-corrected chi connectivity index (χ4v) is 1.88. The summed E-state index contributed by atoms with van der Waals surface area (Å²) in [6, 6.07) is 14.4. The number of carbonyl (C=O) groups excluding carboxylic acids is 1. The smallest absolute Gasteiger partial charge is 0.259 e. The number of anilines is 1. The second kappa shape index (κ2) is 6.79. The predicted octanol–water partition coefficient (Wildman–Crippen LogP) is 3.73. The summed E-state index contributed by atoms with van der Waals surface area (Å²) < 4.78 is 10.7. The highest BCUT2D eigenvalue weighted by Crippen LogP contribution is 2.22. The first-order valence-corrected chi connectivity index (χ1v) is 6.81. The lowest BCUT2D eigenvalue weighted by atomic mass is 10.1. The van der Waals surface area contributed by atoms with Gasteiger partial charge in [-0.2, -0.15) is 0 Å². The van der Waals surface area contributed by atoms with Gasteiger partial charge in [-0.3, -0.25) is 4.79 Å². The van der Waals surface area contributed by atoms with Crippen molar-refractivity contribution in [1.82, 2.24) is 0 Å². The zero-order valence-electron chi connectivity index (χ0n) is 12.4. The van der Waals surface area contributed by atoms with Crippen LogP contribution in [0.1, 0.15) is 24.2 Å². The van der Waals surface area contributed by atoms with Crippen LogP contribution in [0, 0.1) is 0 Å². The number of nitrogens with one attached hydrogen (secondary N) is 1. The normalized spacial score (nSPS) is 10.3. The van der Waals surface area contributed by atoms with Gasteiger partial charge < -0.3 is 14.8 Å². The summed E-state index contributed by atoms with van der Waals surface area (Å²) >= 11 is 0. The summed E-state index contributed by atoms with van der Waals surface area (Å²) in [5, 5.41) is 2.85. The zero-order chi connectivity index (χ0) is 15.2. The van der Waals surface area contributed by atoms with Gasteiger partial charge in [0.1, 0.15) is 11.5 Å². The Morgan fingerprint density at radius 3 is 2.33 bits per heavy atom. The van der Waals surface area contributed by atoms with Gasteiger partial charge >= 0.3 is 0 Å². The topological polar surface area (TPSA) is 47.6 Å². The molecule has 4 heteroatoms. The maximum atomic E-state index is 12.3. The lowest BCUT2D eigenvalue weighted by molar-refractivity contribution is 0.102. The van der Waals surface area contributed by atoms with Crippen molar-refractivity contribution in [2.45, 2.75) is 20.0 Å². The third kappa shape index (κ3) is 3.99. The van der Waals surface area contributed by atoms with E-state index in [1.165, 1.54) is 0 Å². The number of hydrogen-bond donors (Lipinski definition) is 1. The monoisotopic (exact) mass is 285 g/mol. The first kappa shape index (κ1) is 14.9. The SMILES string of the molecule is COc1ccc(NC(=O)c2ccccc2OC(C)C)cc1. The van der Waals surface area contributed by atoms with Gasteiger partial charge in [-0.15, -0.1) is 0 Å². The van der Waals surface area contributed by atoms with Crippen molar-refractivity contribution in [3.05, 3.63) is 54.1 Å². The van der Waals surface area contributed by atoms with Crippen LogP contribution in [-0.2, 0) is 0 Å². The van der Waals surface area contributed by atoms with Crippen molar-refractivity contribution in [1.29, 1.82) is 0 Å². The van der Waals surface area contributed by atoms with Crippen molar-refractivity contribution in [3.63, 3.8) is 0 Å². The summed E-state index contributed by atoms with van der Waals surface area (Å²) in [7, 11) is 1.60. The number of ether oxygens (including phenoxy) is 2. The summed E-state index contributed by atoms with van der Waals surface area (Å²) in [5.41, 5.74) is 1.22. The molecular formula is C17H19NO3. The summed E-state index contributed by atoms with van der Waals surface area (Å²) in [6.07, 6.45) is 0.0138. The third-order valence-electron chi connectivity index (χ3n) is 2.84.